The molecule has 0 bridgehead atoms. The summed E-state index contributed by atoms with van der Waals surface area (Å²) in [5, 5.41) is 11.3. The summed E-state index contributed by atoms with van der Waals surface area (Å²) in [5.41, 5.74) is 2.80. The number of benzene rings is 2. The Kier molecular flexibility index (Phi) is 3.23. The number of para-hydroxylation sites is 2. The standard InChI is InChI=1S/C19H16N2O2/c22-18-15-10-4-6-13-7-5-11-21(17(13)15)19(23)16(18)12-20-14-8-2-1-3-9-14/h1-4,6,8-10,12,22H,5,7,11H2. The zero-order valence-corrected chi connectivity index (χ0v) is 12.6. The average molecular weight is 304 g/mol. The minimum absolute atomic E-state index is 0.0182. The van der Waals surface area contributed by atoms with E-state index in [2.05, 4.69) is 4.99 Å². The smallest absolute Gasteiger partial charge is 0.263 e. The molecule has 0 atom stereocenters. The monoisotopic (exact) mass is 304 g/mol. The Morgan fingerprint density at radius 1 is 1.09 bits per heavy atom. The van der Waals surface area contributed by atoms with Gasteiger partial charge in [0, 0.05) is 18.1 Å². The quantitative estimate of drug-likeness (QED) is 0.738. The van der Waals surface area contributed by atoms with E-state index in [1.165, 1.54) is 6.21 Å². The molecule has 4 nitrogen and oxygen atoms in total. The molecule has 23 heavy (non-hydrogen) atoms. The molecule has 4 heteroatoms. The molecule has 1 aliphatic rings. The molecule has 2 aromatic carbocycles. The van der Waals surface area contributed by atoms with E-state index in [0.717, 1.165) is 35.0 Å². The van der Waals surface area contributed by atoms with Crippen molar-refractivity contribution in [1.82, 2.24) is 4.57 Å². The summed E-state index contributed by atoms with van der Waals surface area (Å²) in [6, 6.07) is 15.2. The van der Waals surface area contributed by atoms with Gasteiger partial charge in [0.25, 0.3) is 5.56 Å². The van der Waals surface area contributed by atoms with Gasteiger partial charge in [0.15, 0.2) is 0 Å². The number of aromatic hydroxyl groups is 1. The average Bonchev–Trinajstić information content (AvgIpc) is 2.60. The van der Waals surface area contributed by atoms with Crippen LogP contribution >= 0.6 is 0 Å². The molecule has 0 saturated heterocycles. The van der Waals surface area contributed by atoms with E-state index >= 15 is 0 Å². The number of nitrogens with zero attached hydrogens (tertiary/aromatic N) is 2. The lowest BCUT2D eigenvalue weighted by molar-refractivity contribution is 0.476. The van der Waals surface area contributed by atoms with Gasteiger partial charge in [0.05, 0.1) is 11.2 Å². The van der Waals surface area contributed by atoms with Crippen LogP contribution in [0.2, 0.25) is 0 Å². The maximum Gasteiger partial charge on any atom is 0.263 e. The molecule has 0 spiro atoms. The van der Waals surface area contributed by atoms with E-state index < -0.39 is 0 Å². The first kappa shape index (κ1) is 13.8. The number of hydrogen-bond acceptors (Lipinski definition) is 3. The van der Waals surface area contributed by atoms with Gasteiger partial charge in [-0.3, -0.25) is 9.79 Å². The second kappa shape index (κ2) is 5.39. The van der Waals surface area contributed by atoms with Crippen LogP contribution in [-0.2, 0) is 13.0 Å². The first-order valence-corrected chi connectivity index (χ1v) is 7.72. The van der Waals surface area contributed by atoms with Gasteiger partial charge >= 0.3 is 0 Å². The molecule has 0 saturated carbocycles. The van der Waals surface area contributed by atoms with E-state index in [1.807, 2.05) is 48.5 Å². The molecule has 0 radical (unpaired) electrons. The Bertz CT molecular complexity index is 972. The zero-order chi connectivity index (χ0) is 15.8. The van der Waals surface area contributed by atoms with Crippen LogP contribution in [0, 0.1) is 0 Å². The third-order valence-corrected chi connectivity index (χ3v) is 4.30. The predicted molar refractivity (Wildman–Crippen MR) is 91.9 cm³/mol. The fourth-order valence-corrected chi connectivity index (χ4v) is 3.21. The lowest BCUT2D eigenvalue weighted by atomic mass is 9.99. The van der Waals surface area contributed by atoms with Crippen molar-refractivity contribution < 1.29 is 5.11 Å². The van der Waals surface area contributed by atoms with Gasteiger partial charge in [0.1, 0.15) is 11.3 Å². The summed E-state index contributed by atoms with van der Waals surface area (Å²) in [6.07, 6.45) is 3.34. The van der Waals surface area contributed by atoms with Crippen molar-refractivity contribution in [2.45, 2.75) is 19.4 Å². The van der Waals surface area contributed by atoms with E-state index in [9.17, 15) is 9.90 Å². The Morgan fingerprint density at radius 2 is 1.91 bits per heavy atom. The molecule has 0 aliphatic carbocycles. The Morgan fingerprint density at radius 3 is 2.74 bits per heavy atom. The van der Waals surface area contributed by atoms with Gasteiger partial charge < -0.3 is 9.67 Å². The normalized spacial score (nSPS) is 13.7. The second-order valence-corrected chi connectivity index (χ2v) is 5.73. The number of rotatable bonds is 2. The van der Waals surface area contributed by atoms with Crippen LogP contribution in [0.3, 0.4) is 0 Å². The van der Waals surface area contributed by atoms with Crippen molar-refractivity contribution in [2.24, 2.45) is 4.99 Å². The van der Waals surface area contributed by atoms with Crippen molar-refractivity contribution in [3.05, 3.63) is 70.0 Å². The number of hydrogen-bond donors (Lipinski definition) is 1. The molecular formula is C19H16N2O2. The van der Waals surface area contributed by atoms with Gasteiger partial charge in [-0.05, 0) is 36.6 Å². The maximum atomic E-state index is 12.8. The fourth-order valence-electron chi connectivity index (χ4n) is 3.21. The number of aromatic nitrogens is 1. The molecule has 0 fully saturated rings. The summed E-state index contributed by atoms with van der Waals surface area (Å²) < 4.78 is 1.76. The van der Waals surface area contributed by atoms with Gasteiger partial charge in [-0.1, -0.05) is 30.3 Å². The fraction of sp³-hybridized carbons (Fsp3) is 0.158. The molecule has 114 valence electrons. The van der Waals surface area contributed by atoms with Crippen LogP contribution in [0.1, 0.15) is 17.5 Å². The van der Waals surface area contributed by atoms with Crippen molar-refractivity contribution >= 4 is 22.8 Å². The van der Waals surface area contributed by atoms with Crippen molar-refractivity contribution in [3.8, 4) is 5.75 Å². The van der Waals surface area contributed by atoms with Crippen LogP contribution in [0.4, 0.5) is 5.69 Å². The van der Waals surface area contributed by atoms with Crippen molar-refractivity contribution in [1.29, 1.82) is 0 Å². The van der Waals surface area contributed by atoms with E-state index in [0.29, 0.717) is 6.54 Å². The van der Waals surface area contributed by atoms with E-state index in [1.54, 1.807) is 4.57 Å². The SMILES string of the molecule is O=c1c(C=Nc2ccccc2)c(O)c2cccc3c2n1CCC3. The Labute approximate surface area is 133 Å². The largest absolute Gasteiger partial charge is 0.506 e. The van der Waals surface area contributed by atoms with Crippen LogP contribution in [0.5, 0.6) is 5.75 Å². The molecular weight excluding hydrogens is 288 g/mol. The summed E-state index contributed by atoms with van der Waals surface area (Å²) in [7, 11) is 0. The molecule has 1 aromatic heterocycles. The minimum atomic E-state index is -0.179. The Balaban J connectivity index is 1.95. The highest BCUT2D eigenvalue weighted by Gasteiger charge is 2.19. The summed E-state index contributed by atoms with van der Waals surface area (Å²) >= 11 is 0. The summed E-state index contributed by atoms with van der Waals surface area (Å²) in [5.74, 6) is 0.0182. The Hall–Kier alpha value is -2.88. The molecule has 4 rings (SSSR count). The maximum absolute atomic E-state index is 12.8. The highest BCUT2D eigenvalue weighted by molar-refractivity contribution is 5.97. The van der Waals surface area contributed by atoms with Crippen LogP contribution < -0.4 is 5.56 Å². The molecule has 2 heterocycles. The van der Waals surface area contributed by atoms with Gasteiger partial charge in [-0.2, -0.15) is 0 Å². The third kappa shape index (κ3) is 2.23. The molecule has 3 aromatic rings. The number of aliphatic imine (C=N–C) groups is 1. The first-order valence-electron chi connectivity index (χ1n) is 7.72. The van der Waals surface area contributed by atoms with E-state index in [-0.39, 0.29) is 16.9 Å². The molecule has 0 unspecified atom stereocenters. The highest BCUT2D eigenvalue weighted by atomic mass is 16.3. The lowest BCUT2D eigenvalue weighted by Crippen LogP contribution is -2.27. The molecule has 1 N–H and O–H groups in total. The van der Waals surface area contributed by atoms with Gasteiger partial charge in [0.2, 0.25) is 0 Å². The zero-order valence-electron chi connectivity index (χ0n) is 12.6. The van der Waals surface area contributed by atoms with Crippen LogP contribution in [-0.4, -0.2) is 15.9 Å². The van der Waals surface area contributed by atoms with Crippen LogP contribution in [0.15, 0.2) is 58.3 Å². The topological polar surface area (TPSA) is 54.6 Å². The number of pyridine rings is 1. The van der Waals surface area contributed by atoms with E-state index in [4.69, 9.17) is 0 Å². The predicted octanol–water partition coefficient (Wildman–Crippen LogP) is 3.40. The lowest BCUT2D eigenvalue weighted by Gasteiger charge is -2.20. The van der Waals surface area contributed by atoms with Gasteiger partial charge in [-0.25, -0.2) is 0 Å². The summed E-state index contributed by atoms with van der Waals surface area (Å²) in [4.78, 5) is 17.1. The van der Waals surface area contributed by atoms with Gasteiger partial charge in [-0.15, -0.1) is 0 Å². The number of aryl methyl sites for hydroxylation is 2. The third-order valence-electron chi connectivity index (χ3n) is 4.30. The molecule has 0 amide bonds. The molecule has 1 aliphatic heterocycles. The van der Waals surface area contributed by atoms with Crippen molar-refractivity contribution in [2.75, 3.05) is 0 Å². The first-order chi connectivity index (χ1) is 11.3. The highest BCUT2D eigenvalue weighted by Crippen LogP contribution is 2.31. The summed E-state index contributed by atoms with van der Waals surface area (Å²) in [6.45, 7) is 0.679. The van der Waals surface area contributed by atoms with Crippen LogP contribution in [0.25, 0.3) is 10.9 Å². The second-order valence-electron chi connectivity index (χ2n) is 5.73. The van der Waals surface area contributed by atoms with Crippen molar-refractivity contribution in [3.63, 3.8) is 0 Å². The minimum Gasteiger partial charge on any atom is -0.506 e.